The second-order valence-corrected chi connectivity index (χ2v) is 5.51. The Balaban J connectivity index is 1.80. The van der Waals surface area contributed by atoms with Crippen molar-refractivity contribution < 1.29 is 9.59 Å². The summed E-state index contributed by atoms with van der Waals surface area (Å²) in [7, 11) is 0. The predicted molar refractivity (Wildman–Crippen MR) is 75.5 cm³/mol. The Labute approximate surface area is 120 Å². The summed E-state index contributed by atoms with van der Waals surface area (Å²) < 4.78 is 0. The monoisotopic (exact) mass is 287 g/mol. The lowest BCUT2D eigenvalue weighted by Gasteiger charge is -2.28. The second kappa shape index (κ2) is 5.05. The van der Waals surface area contributed by atoms with Crippen LogP contribution in [0.1, 0.15) is 31.4 Å². The Kier molecular flexibility index (Phi) is 3.23. The van der Waals surface area contributed by atoms with Gasteiger partial charge in [-0.15, -0.1) is 11.3 Å². The van der Waals surface area contributed by atoms with Gasteiger partial charge in [0.15, 0.2) is 5.01 Å². The molecule has 0 unspecified atom stereocenters. The molecular weight excluding hydrogens is 274 g/mol. The molecule has 0 atom stereocenters. The van der Waals surface area contributed by atoms with Crippen molar-refractivity contribution in [3.63, 3.8) is 0 Å². The molecule has 0 saturated carbocycles. The molecule has 2 heterocycles. The summed E-state index contributed by atoms with van der Waals surface area (Å²) in [6.45, 7) is 1.25. The fraction of sp³-hybridized carbons (Fsp3) is 0.214. The van der Waals surface area contributed by atoms with Gasteiger partial charge in [0.2, 0.25) is 0 Å². The van der Waals surface area contributed by atoms with E-state index in [0.29, 0.717) is 18.8 Å². The van der Waals surface area contributed by atoms with Gasteiger partial charge in [0, 0.05) is 18.5 Å². The molecule has 0 radical (unpaired) electrons. The minimum atomic E-state index is -0.599. The SMILES string of the molecule is NC(=O)c1nc(C(=O)N2CCc3ccccc3C2)cs1. The lowest BCUT2D eigenvalue weighted by Crippen LogP contribution is -2.36. The summed E-state index contributed by atoms with van der Waals surface area (Å²) in [6.07, 6.45) is 0.842. The maximum absolute atomic E-state index is 12.4. The number of carbonyl (C=O) groups is 2. The highest BCUT2D eigenvalue weighted by molar-refractivity contribution is 7.11. The van der Waals surface area contributed by atoms with Crippen LogP contribution in [0.5, 0.6) is 0 Å². The molecule has 1 aliphatic heterocycles. The molecule has 0 spiro atoms. The highest BCUT2D eigenvalue weighted by Gasteiger charge is 2.23. The maximum Gasteiger partial charge on any atom is 0.277 e. The fourth-order valence-corrected chi connectivity index (χ4v) is 2.96. The normalized spacial score (nSPS) is 13.9. The van der Waals surface area contributed by atoms with Crippen molar-refractivity contribution in [3.8, 4) is 0 Å². The summed E-state index contributed by atoms with van der Waals surface area (Å²) in [5, 5.41) is 1.76. The Morgan fingerprint density at radius 2 is 2.00 bits per heavy atom. The third-order valence-corrected chi connectivity index (χ3v) is 4.21. The van der Waals surface area contributed by atoms with Gasteiger partial charge in [-0.05, 0) is 17.5 Å². The quantitative estimate of drug-likeness (QED) is 0.908. The van der Waals surface area contributed by atoms with E-state index in [1.54, 1.807) is 10.3 Å². The van der Waals surface area contributed by atoms with Crippen LogP contribution in [0.25, 0.3) is 0 Å². The molecule has 0 aliphatic carbocycles. The first-order valence-corrected chi connectivity index (χ1v) is 7.14. The van der Waals surface area contributed by atoms with Gasteiger partial charge in [-0.2, -0.15) is 0 Å². The molecule has 2 amide bonds. The van der Waals surface area contributed by atoms with E-state index in [9.17, 15) is 9.59 Å². The molecule has 102 valence electrons. The van der Waals surface area contributed by atoms with Crippen molar-refractivity contribution >= 4 is 23.2 Å². The highest BCUT2D eigenvalue weighted by Crippen LogP contribution is 2.20. The summed E-state index contributed by atoms with van der Waals surface area (Å²) in [5.41, 5.74) is 7.90. The first-order chi connectivity index (χ1) is 9.65. The first kappa shape index (κ1) is 12.8. The number of fused-ring (bicyclic) bond motifs is 1. The first-order valence-electron chi connectivity index (χ1n) is 6.26. The van der Waals surface area contributed by atoms with Crippen LogP contribution in [-0.4, -0.2) is 28.2 Å². The maximum atomic E-state index is 12.4. The van der Waals surface area contributed by atoms with E-state index in [1.807, 2.05) is 18.2 Å². The summed E-state index contributed by atoms with van der Waals surface area (Å²) in [4.78, 5) is 29.1. The van der Waals surface area contributed by atoms with E-state index in [0.717, 1.165) is 23.3 Å². The van der Waals surface area contributed by atoms with Crippen molar-refractivity contribution in [2.45, 2.75) is 13.0 Å². The van der Waals surface area contributed by atoms with Crippen molar-refractivity contribution in [1.29, 1.82) is 0 Å². The minimum absolute atomic E-state index is 0.150. The largest absolute Gasteiger partial charge is 0.364 e. The highest BCUT2D eigenvalue weighted by atomic mass is 32.1. The van der Waals surface area contributed by atoms with Crippen LogP contribution >= 0.6 is 11.3 Å². The molecule has 0 saturated heterocycles. The fourth-order valence-electron chi connectivity index (χ4n) is 2.32. The van der Waals surface area contributed by atoms with Crippen molar-refractivity contribution in [2.75, 3.05) is 6.54 Å². The Hall–Kier alpha value is -2.21. The van der Waals surface area contributed by atoms with Gasteiger partial charge in [-0.1, -0.05) is 24.3 Å². The topological polar surface area (TPSA) is 76.3 Å². The summed E-state index contributed by atoms with van der Waals surface area (Å²) >= 11 is 1.10. The van der Waals surface area contributed by atoms with Crippen molar-refractivity contribution in [3.05, 3.63) is 51.5 Å². The lowest BCUT2D eigenvalue weighted by atomic mass is 10.00. The number of rotatable bonds is 2. The molecule has 20 heavy (non-hydrogen) atoms. The van der Waals surface area contributed by atoms with E-state index >= 15 is 0 Å². The minimum Gasteiger partial charge on any atom is -0.364 e. The molecule has 6 heteroatoms. The third kappa shape index (κ3) is 2.30. The number of hydrogen-bond donors (Lipinski definition) is 1. The van der Waals surface area contributed by atoms with E-state index in [4.69, 9.17) is 5.73 Å². The van der Waals surface area contributed by atoms with Crippen LogP contribution in [0.2, 0.25) is 0 Å². The second-order valence-electron chi connectivity index (χ2n) is 4.65. The number of amides is 2. The van der Waals surface area contributed by atoms with Gasteiger partial charge in [0.25, 0.3) is 11.8 Å². The summed E-state index contributed by atoms with van der Waals surface area (Å²) in [5.74, 6) is -0.749. The Morgan fingerprint density at radius 3 is 2.70 bits per heavy atom. The molecule has 1 aromatic heterocycles. The molecule has 1 aromatic carbocycles. The van der Waals surface area contributed by atoms with Gasteiger partial charge in [0.1, 0.15) is 5.69 Å². The van der Waals surface area contributed by atoms with Crippen LogP contribution < -0.4 is 5.73 Å². The number of hydrogen-bond acceptors (Lipinski definition) is 4. The molecule has 0 bridgehead atoms. The molecule has 1 aliphatic rings. The van der Waals surface area contributed by atoms with E-state index in [2.05, 4.69) is 11.1 Å². The number of aromatic nitrogens is 1. The van der Waals surface area contributed by atoms with Crippen molar-refractivity contribution in [1.82, 2.24) is 9.88 Å². The number of thiazole rings is 1. The van der Waals surface area contributed by atoms with Gasteiger partial charge < -0.3 is 10.6 Å². The van der Waals surface area contributed by atoms with Gasteiger partial charge in [0.05, 0.1) is 0 Å². The lowest BCUT2D eigenvalue weighted by molar-refractivity contribution is 0.0729. The number of benzene rings is 1. The number of nitrogens with zero attached hydrogens (tertiary/aromatic N) is 2. The van der Waals surface area contributed by atoms with Gasteiger partial charge >= 0.3 is 0 Å². The van der Waals surface area contributed by atoms with Gasteiger partial charge in [-0.25, -0.2) is 4.98 Å². The summed E-state index contributed by atoms with van der Waals surface area (Å²) in [6, 6.07) is 8.10. The zero-order valence-corrected chi connectivity index (χ0v) is 11.5. The van der Waals surface area contributed by atoms with Crippen LogP contribution in [0.3, 0.4) is 0 Å². The zero-order chi connectivity index (χ0) is 14.1. The molecule has 5 nitrogen and oxygen atoms in total. The van der Waals surface area contributed by atoms with E-state index in [1.165, 1.54) is 5.56 Å². The Morgan fingerprint density at radius 1 is 1.25 bits per heavy atom. The zero-order valence-electron chi connectivity index (χ0n) is 10.7. The van der Waals surface area contributed by atoms with Crippen molar-refractivity contribution in [2.24, 2.45) is 5.73 Å². The predicted octanol–water partition coefficient (Wildman–Crippen LogP) is 1.44. The molecular formula is C14H13N3O2S. The third-order valence-electron chi connectivity index (χ3n) is 3.35. The van der Waals surface area contributed by atoms with Crippen LogP contribution in [0, 0.1) is 0 Å². The average molecular weight is 287 g/mol. The molecule has 2 aromatic rings. The standard InChI is InChI=1S/C14H13N3O2S/c15-12(18)13-16-11(8-20-13)14(19)17-6-5-9-3-1-2-4-10(9)7-17/h1-4,8H,5-7H2,(H2,15,18). The van der Waals surface area contributed by atoms with Crippen LogP contribution in [0.4, 0.5) is 0 Å². The number of primary amides is 1. The number of carbonyl (C=O) groups excluding carboxylic acids is 2. The van der Waals surface area contributed by atoms with Gasteiger partial charge in [-0.3, -0.25) is 9.59 Å². The Bertz CT molecular complexity index is 681. The molecule has 0 fully saturated rings. The molecule has 2 N–H and O–H groups in total. The van der Waals surface area contributed by atoms with Crippen LogP contribution in [0.15, 0.2) is 29.6 Å². The molecule has 3 rings (SSSR count). The number of nitrogens with two attached hydrogens (primary N) is 1. The van der Waals surface area contributed by atoms with Crippen LogP contribution in [-0.2, 0) is 13.0 Å². The smallest absolute Gasteiger partial charge is 0.277 e. The van der Waals surface area contributed by atoms with E-state index < -0.39 is 5.91 Å². The average Bonchev–Trinajstić information content (AvgIpc) is 2.96. The van der Waals surface area contributed by atoms with E-state index in [-0.39, 0.29) is 10.9 Å².